The lowest BCUT2D eigenvalue weighted by molar-refractivity contribution is 0.199. The number of hydrogen-bond donors (Lipinski definition) is 1. The molecule has 2 rings (SSSR count). The topological polar surface area (TPSA) is 23.5 Å². The van der Waals surface area contributed by atoms with Crippen LogP contribution >= 0.6 is 0 Å². The molecule has 0 radical (unpaired) electrons. The summed E-state index contributed by atoms with van der Waals surface area (Å²) >= 11 is 0. The van der Waals surface area contributed by atoms with E-state index < -0.39 is 6.10 Å². The molecule has 100 valence electrons. The van der Waals surface area contributed by atoms with E-state index in [-0.39, 0.29) is 0 Å². The average molecular weight is 247 g/mol. The van der Waals surface area contributed by atoms with Gasteiger partial charge in [0.15, 0.2) is 0 Å². The maximum absolute atomic E-state index is 9.88. The van der Waals surface area contributed by atoms with Crippen LogP contribution in [0.4, 0.5) is 5.69 Å². The first-order valence-corrected chi connectivity index (χ1v) is 7.01. The molecule has 1 saturated heterocycles. The molecule has 1 aromatic rings. The zero-order chi connectivity index (χ0) is 13.2. The van der Waals surface area contributed by atoms with Crippen molar-refractivity contribution >= 4 is 5.69 Å². The van der Waals surface area contributed by atoms with Crippen molar-refractivity contribution in [2.75, 3.05) is 18.0 Å². The fourth-order valence-electron chi connectivity index (χ4n) is 2.79. The molecule has 1 aromatic carbocycles. The number of para-hydroxylation sites is 1. The predicted molar refractivity (Wildman–Crippen MR) is 76.9 cm³/mol. The Morgan fingerprint density at radius 1 is 1.17 bits per heavy atom. The third-order valence-corrected chi connectivity index (χ3v) is 4.07. The van der Waals surface area contributed by atoms with Gasteiger partial charge in [0.25, 0.3) is 0 Å². The minimum atomic E-state index is -0.391. The standard InChI is InChI=1S/C16H25NO/c1-13(18)14-7-4-5-8-15(14)17-11-6-9-16(2,3)10-12-17/h4-5,7-8,13,18H,6,9-12H2,1-3H3/t13-/m1/s1. The van der Waals surface area contributed by atoms with E-state index in [2.05, 4.69) is 30.9 Å². The van der Waals surface area contributed by atoms with Crippen LogP contribution in [0.15, 0.2) is 24.3 Å². The van der Waals surface area contributed by atoms with Crippen LogP contribution in [-0.2, 0) is 0 Å². The Bertz CT molecular complexity index is 398. The molecule has 2 nitrogen and oxygen atoms in total. The van der Waals surface area contributed by atoms with Crippen molar-refractivity contribution < 1.29 is 5.11 Å². The molecule has 0 bridgehead atoms. The summed E-state index contributed by atoms with van der Waals surface area (Å²) in [7, 11) is 0. The van der Waals surface area contributed by atoms with Crippen LogP contribution in [0.5, 0.6) is 0 Å². The Morgan fingerprint density at radius 3 is 2.61 bits per heavy atom. The van der Waals surface area contributed by atoms with Gasteiger partial charge in [-0.2, -0.15) is 0 Å². The molecule has 1 aliphatic heterocycles. The maximum Gasteiger partial charge on any atom is 0.0781 e. The summed E-state index contributed by atoms with van der Waals surface area (Å²) in [5.41, 5.74) is 2.72. The number of rotatable bonds is 2. The third kappa shape index (κ3) is 3.05. The molecule has 1 N–H and O–H groups in total. The Balaban J connectivity index is 2.21. The molecule has 0 unspecified atom stereocenters. The Morgan fingerprint density at radius 2 is 1.89 bits per heavy atom. The quantitative estimate of drug-likeness (QED) is 0.860. The molecule has 0 aliphatic carbocycles. The summed E-state index contributed by atoms with van der Waals surface area (Å²) in [5.74, 6) is 0. The van der Waals surface area contributed by atoms with Gasteiger partial charge in [0.1, 0.15) is 0 Å². The molecule has 0 saturated carbocycles. The second-order valence-corrected chi connectivity index (χ2v) is 6.24. The molecule has 18 heavy (non-hydrogen) atoms. The second-order valence-electron chi connectivity index (χ2n) is 6.24. The zero-order valence-corrected chi connectivity index (χ0v) is 11.8. The van der Waals surface area contributed by atoms with Gasteiger partial charge in [0, 0.05) is 24.3 Å². The lowest BCUT2D eigenvalue weighted by Crippen LogP contribution is -2.26. The number of aliphatic hydroxyl groups is 1. The number of nitrogens with zero attached hydrogens (tertiary/aromatic N) is 1. The van der Waals surface area contributed by atoms with Gasteiger partial charge in [-0.05, 0) is 37.7 Å². The molecule has 1 aliphatic rings. The highest BCUT2D eigenvalue weighted by atomic mass is 16.3. The van der Waals surface area contributed by atoms with E-state index in [0.717, 1.165) is 18.7 Å². The van der Waals surface area contributed by atoms with Crippen LogP contribution in [0.3, 0.4) is 0 Å². The van der Waals surface area contributed by atoms with Crippen molar-refractivity contribution in [3.63, 3.8) is 0 Å². The zero-order valence-electron chi connectivity index (χ0n) is 11.8. The van der Waals surface area contributed by atoms with Crippen molar-refractivity contribution in [1.29, 1.82) is 0 Å². The second kappa shape index (κ2) is 5.31. The van der Waals surface area contributed by atoms with Crippen molar-refractivity contribution in [3.05, 3.63) is 29.8 Å². The molecule has 0 aromatic heterocycles. The minimum absolute atomic E-state index is 0.391. The van der Waals surface area contributed by atoms with Crippen molar-refractivity contribution in [1.82, 2.24) is 0 Å². The Hall–Kier alpha value is -1.02. The van der Waals surface area contributed by atoms with Gasteiger partial charge in [-0.25, -0.2) is 0 Å². The third-order valence-electron chi connectivity index (χ3n) is 4.07. The van der Waals surface area contributed by atoms with Crippen LogP contribution in [0.1, 0.15) is 51.7 Å². The van der Waals surface area contributed by atoms with E-state index in [1.54, 1.807) is 0 Å². The Labute approximate surface area is 111 Å². The van der Waals surface area contributed by atoms with Gasteiger partial charge in [-0.15, -0.1) is 0 Å². The molecule has 0 spiro atoms. The van der Waals surface area contributed by atoms with Crippen LogP contribution < -0.4 is 4.90 Å². The Kier molecular flexibility index (Phi) is 3.96. The van der Waals surface area contributed by atoms with Gasteiger partial charge in [0.2, 0.25) is 0 Å². The molecular weight excluding hydrogens is 222 g/mol. The lowest BCUT2D eigenvalue weighted by Gasteiger charge is -2.27. The smallest absolute Gasteiger partial charge is 0.0781 e. The van der Waals surface area contributed by atoms with Crippen molar-refractivity contribution in [2.24, 2.45) is 5.41 Å². The van der Waals surface area contributed by atoms with E-state index in [1.165, 1.54) is 24.9 Å². The molecule has 1 fully saturated rings. The summed E-state index contributed by atoms with van der Waals surface area (Å²) in [4.78, 5) is 2.44. The minimum Gasteiger partial charge on any atom is -0.389 e. The highest BCUT2D eigenvalue weighted by Gasteiger charge is 2.24. The predicted octanol–water partition coefficient (Wildman–Crippen LogP) is 3.76. The largest absolute Gasteiger partial charge is 0.389 e. The normalized spacial score (nSPS) is 21.4. The molecule has 2 heteroatoms. The van der Waals surface area contributed by atoms with E-state index in [4.69, 9.17) is 0 Å². The van der Waals surface area contributed by atoms with Crippen LogP contribution in [0, 0.1) is 5.41 Å². The van der Waals surface area contributed by atoms with Crippen LogP contribution in [0.2, 0.25) is 0 Å². The van der Waals surface area contributed by atoms with Gasteiger partial charge in [-0.1, -0.05) is 32.0 Å². The molecule has 1 atom stereocenters. The summed E-state index contributed by atoms with van der Waals surface area (Å²) in [6, 6.07) is 8.25. The van der Waals surface area contributed by atoms with E-state index in [0.29, 0.717) is 5.41 Å². The number of hydrogen-bond acceptors (Lipinski definition) is 2. The number of aliphatic hydroxyl groups excluding tert-OH is 1. The average Bonchev–Trinajstić information content (AvgIpc) is 2.50. The number of anilines is 1. The summed E-state index contributed by atoms with van der Waals surface area (Å²) in [5, 5.41) is 9.88. The van der Waals surface area contributed by atoms with Gasteiger partial charge < -0.3 is 10.0 Å². The monoisotopic (exact) mass is 247 g/mol. The van der Waals surface area contributed by atoms with Gasteiger partial charge in [-0.3, -0.25) is 0 Å². The van der Waals surface area contributed by atoms with E-state index in [1.807, 2.05) is 19.1 Å². The fraction of sp³-hybridized carbons (Fsp3) is 0.625. The first-order chi connectivity index (χ1) is 8.49. The van der Waals surface area contributed by atoms with Crippen LogP contribution in [-0.4, -0.2) is 18.2 Å². The van der Waals surface area contributed by atoms with E-state index in [9.17, 15) is 5.11 Å². The summed E-state index contributed by atoms with van der Waals surface area (Å²) in [6.45, 7) is 8.76. The SMILES string of the molecule is C[C@@H](O)c1ccccc1N1CCCC(C)(C)CC1. The highest BCUT2D eigenvalue weighted by Crippen LogP contribution is 2.33. The van der Waals surface area contributed by atoms with Gasteiger partial charge in [0.05, 0.1) is 6.10 Å². The summed E-state index contributed by atoms with van der Waals surface area (Å²) < 4.78 is 0. The first-order valence-electron chi connectivity index (χ1n) is 7.01. The molecule has 0 amide bonds. The molecule has 1 heterocycles. The fourth-order valence-corrected chi connectivity index (χ4v) is 2.79. The first kappa shape index (κ1) is 13.4. The van der Waals surface area contributed by atoms with Gasteiger partial charge >= 0.3 is 0 Å². The van der Waals surface area contributed by atoms with Crippen molar-refractivity contribution in [3.8, 4) is 0 Å². The van der Waals surface area contributed by atoms with E-state index >= 15 is 0 Å². The van der Waals surface area contributed by atoms with Crippen LogP contribution in [0.25, 0.3) is 0 Å². The summed E-state index contributed by atoms with van der Waals surface area (Å²) in [6.07, 6.45) is 3.36. The highest BCUT2D eigenvalue weighted by molar-refractivity contribution is 5.54. The lowest BCUT2D eigenvalue weighted by atomic mass is 9.85. The molecular formula is C16H25NO. The van der Waals surface area contributed by atoms with Crippen molar-refractivity contribution in [2.45, 2.75) is 46.1 Å². The maximum atomic E-state index is 9.88. The number of benzene rings is 1.